The molecular formula is C3H8K2NO5P+2. The van der Waals surface area contributed by atoms with Crippen LogP contribution in [0.3, 0.4) is 0 Å². The molecule has 60 valence electrons. The van der Waals surface area contributed by atoms with Crippen LogP contribution < -0.4 is 108 Å². The molecule has 0 aliphatic rings. The summed E-state index contributed by atoms with van der Waals surface area (Å²) in [5.41, 5.74) is 0. The molecule has 0 heterocycles. The molecular weight excluding hydrogens is 239 g/mol. The molecule has 9 heteroatoms. The van der Waals surface area contributed by atoms with Gasteiger partial charge in [-0.25, -0.2) is 0 Å². The van der Waals surface area contributed by atoms with E-state index in [-0.39, 0.29) is 103 Å². The summed E-state index contributed by atoms with van der Waals surface area (Å²) in [5.74, 6) is -1.14. The maximum Gasteiger partial charge on any atom is 1.00 e. The monoisotopic (exact) mass is 247 g/mol. The smallest absolute Gasteiger partial charge is 0.480 e. The Kier molecular flexibility index (Phi) is 17.5. The van der Waals surface area contributed by atoms with Gasteiger partial charge in [0, 0.05) is 0 Å². The van der Waals surface area contributed by atoms with Gasteiger partial charge in [0.05, 0.1) is 12.8 Å². The first-order chi connectivity index (χ1) is 4.42. The minimum atomic E-state index is -4.10. The van der Waals surface area contributed by atoms with Crippen LogP contribution in [0.2, 0.25) is 0 Å². The summed E-state index contributed by atoms with van der Waals surface area (Å²) in [6.07, 6.45) is -0.598. The van der Waals surface area contributed by atoms with Gasteiger partial charge in [0.2, 0.25) is 0 Å². The molecule has 0 fully saturated rings. The molecule has 0 atom stereocenters. The van der Waals surface area contributed by atoms with Crippen LogP contribution >= 0.6 is 7.60 Å². The van der Waals surface area contributed by atoms with Crippen LogP contribution in [0.15, 0.2) is 0 Å². The number of aliphatic carboxylic acids is 1. The average molecular weight is 247 g/mol. The fraction of sp³-hybridized carbons (Fsp3) is 0.667. The van der Waals surface area contributed by atoms with E-state index in [4.69, 9.17) is 14.9 Å². The maximum absolute atomic E-state index is 10.1. The summed E-state index contributed by atoms with van der Waals surface area (Å²) in [5, 5.41) is 10.1. The third kappa shape index (κ3) is 18.6. The summed E-state index contributed by atoms with van der Waals surface area (Å²) in [4.78, 5) is 26.1. The number of carboxylic acids is 1. The predicted molar refractivity (Wildman–Crippen MR) is 32.5 cm³/mol. The van der Waals surface area contributed by atoms with Gasteiger partial charge in [-0.1, -0.05) is 0 Å². The Morgan fingerprint density at radius 1 is 1.33 bits per heavy atom. The summed E-state index contributed by atoms with van der Waals surface area (Å²) >= 11 is 0. The van der Waals surface area contributed by atoms with E-state index < -0.39 is 26.4 Å². The SMILES string of the molecule is O=C(O)CNCP(=O)(O)O.[K+].[K+]. The second-order valence-electron chi connectivity index (χ2n) is 1.64. The van der Waals surface area contributed by atoms with Crippen molar-refractivity contribution in [2.45, 2.75) is 0 Å². The van der Waals surface area contributed by atoms with Gasteiger partial charge < -0.3 is 14.9 Å². The molecule has 0 bridgehead atoms. The predicted octanol–water partition coefficient (Wildman–Crippen LogP) is -7.20. The fourth-order valence-electron chi connectivity index (χ4n) is 0.308. The number of nitrogens with one attached hydrogen (secondary N) is 1. The summed E-state index contributed by atoms with van der Waals surface area (Å²) in [6, 6.07) is 0. The molecule has 4 N–H and O–H groups in total. The first-order valence-electron chi connectivity index (χ1n) is 2.39. The second-order valence-corrected chi connectivity index (χ2v) is 3.29. The number of carboxylic acid groups (broad SMARTS) is 1. The number of hydrogen-bond donors (Lipinski definition) is 4. The Labute approximate surface area is 155 Å². The Hall–Kier alpha value is 2.85. The average Bonchev–Trinajstić information content (AvgIpc) is 1.59. The maximum atomic E-state index is 10.1. The molecule has 0 aromatic carbocycles. The topological polar surface area (TPSA) is 107 Å². The standard InChI is InChI=1S/C3H8NO5P.2K/c5-3(6)1-4-2-10(7,8)9;;/h4H,1-2H2,(H,5,6)(H2,7,8,9);;/q;2*+1. The Morgan fingerprint density at radius 2 is 1.75 bits per heavy atom. The summed E-state index contributed by atoms with van der Waals surface area (Å²) < 4.78 is 10.1. The van der Waals surface area contributed by atoms with Crippen molar-refractivity contribution in [2.75, 3.05) is 12.8 Å². The number of carbonyl (C=O) groups is 1. The van der Waals surface area contributed by atoms with Crippen LogP contribution in [0.5, 0.6) is 0 Å². The molecule has 0 aliphatic heterocycles. The van der Waals surface area contributed by atoms with E-state index in [9.17, 15) is 9.36 Å². The van der Waals surface area contributed by atoms with E-state index in [0.717, 1.165) is 0 Å². The van der Waals surface area contributed by atoms with Crippen LogP contribution in [0.25, 0.3) is 0 Å². The van der Waals surface area contributed by atoms with Crippen LogP contribution in [-0.2, 0) is 9.36 Å². The van der Waals surface area contributed by atoms with Gasteiger partial charge in [0.25, 0.3) is 0 Å². The first kappa shape index (κ1) is 20.3. The fourth-order valence-corrected chi connectivity index (χ4v) is 0.712. The van der Waals surface area contributed by atoms with Gasteiger partial charge >= 0.3 is 116 Å². The molecule has 0 saturated carbocycles. The van der Waals surface area contributed by atoms with Gasteiger partial charge in [0.1, 0.15) is 0 Å². The van der Waals surface area contributed by atoms with Gasteiger partial charge in [0.15, 0.2) is 0 Å². The minimum absolute atomic E-state index is 0. The Morgan fingerprint density at radius 3 is 2.00 bits per heavy atom. The normalized spacial score (nSPS) is 9.50. The number of hydrogen-bond acceptors (Lipinski definition) is 3. The molecule has 0 amide bonds. The molecule has 0 rings (SSSR count). The molecule has 0 radical (unpaired) electrons. The van der Waals surface area contributed by atoms with E-state index in [1.54, 1.807) is 0 Å². The molecule has 0 aliphatic carbocycles. The first-order valence-corrected chi connectivity index (χ1v) is 4.18. The molecule has 0 aromatic heterocycles. The van der Waals surface area contributed by atoms with Crippen molar-refractivity contribution in [3.63, 3.8) is 0 Å². The summed E-state index contributed by atoms with van der Waals surface area (Å²) in [6.45, 7) is -0.439. The van der Waals surface area contributed by atoms with Gasteiger partial charge in [-0.2, -0.15) is 0 Å². The van der Waals surface area contributed by atoms with E-state index in [0.29, 0.717) is 0 Å². The molecule has 0 unspecified atom stereocenters. The van der Waals surface area contributed by atoms with Crippen molar-refractivity contribution in [1.82, 2.24) is 5.32 Å². The van der Waals surface area contributed by atoms with Crippen molar-refractivity contribution in [1.29, 1.82) is 0 Å². The Balaban J connectivity index is -0.000000405. The van der Waals surface area contributed by atoms with Crippen molar-refractivity contribution in [2.24, 2.45) is 0 Å². The van der Waals surface area contributed by atoms with Crippen LogP contribution in [0.4, 0.5) is 0 Å². The zero-order valence-electron chi connectivity index (χ0n) is 7.02. The zero-order chi connectivity index (χ0) is 8.20. The quantitative estimate of drug-likeness (QED) is 0.290. The molecule has 0 saturated heterocycles. The van der Waals surface area contributed by atoms with Crippen LogP contribution in [0.1, 0.15) is 0 Å². The minimum Gasteiger partial charge on any atom is -0.480 e. The van der Waals surface area contributed by atoms with Gasteiger partial charge in [-0.15, -0.1) is 0 Å². The van der Waals surface area contributed by atoms with Crippen molar-refractivity contribution in [3.8, 4) is 0 Å². The molecule has 12 heavy (non-hydrogen) atoms. The molecule has 6 nitrogen and oxygen atoms in total. The van der Waals surface area contributed by atoms with Crippen LogP contribution in [0, 0.1) is 0 Å². The van der Waals surface area contributed by atoms with E-state index in [2.05, 4.69) is 5.32 Å². The Bertz CT molecular complexity index is 170. The van der Waals surface area contributed by atoms with E-state index >= 15 is 0 Å². The number of rotatable bonds is 4. The van der Waals surface area contributed by atoms with Crippen molar-refractivity contribution in [3.05, 3.63) is 0 Å². The van der Waals surface area contributed by atoms with Crippen molar-refractivity contribution >= 4 is 13.6 Å². The molecule has 0 aromatic rings. The third-order valence-electron chi connectivity index (χ3n) is 0.594. The largest absolute Gasteiger partial charge is 1.00 e. The summed E-state index contributed by atoms with van der Waals surface area (Å²) in [7, 11) is -4.10. The second kappa shape index (κ2) is 10.4. The van der Waals surface area contributed by atoms with Gasteiger partial charge in [-0.05, 0) is 0 Å². The van der Waals surface area contributed by atoms with E-state index in [1.807, 2.05) is 0 Å². The van der Waals surface area contributed by atoms with E-state index in [1.165, 1.54) is 0 Å². The van der Waals surface area contributed by atoms with Crippen LogP contribution in [-0.4, -0.2) is 33.7 Å². The third-order valence-corrected chi connectivity index (χ3v) is 1.23. The van der Waals surface area contributed by atoms with Gasteiger partial charge in [-0.3, -0.25) is 14.7 Å². The molecule has 0 spiro atoms. The van der Waals surface area contributed by atoms with Crippen molar-refractivity contribution < 1.29 is 127 Å². The zero-order valence-corrected chi connectivity index (χ0v) is 14.2.